The Hall–Kier alpha value is -2.90. The second-order valence-corrected chi connectivity index (χ2v) is 8.90. The van der Waals surface area contributed by atoms with Crippen molar-refractivity contribution in [2.24, 2.45) is 11.7 Å². The average molecular weight is 470 g/mol. The molecule has 4 nitrogen and oxygen atoms in total. The van der Waals surface area contributed by atoms with Crippen molar-refractivity contribution in [1.82, 2.24) is 10.3 Å². The standard InChI is InChI=1S/C27H30F3N3O/c1-34-26-6-2-5-21-22(24(30)16-33-27(21)26)15-25(31)17-7-10-20(11-8-17)32-13-3-4-18-14-19(28)9-12-23(18)29/h2-6,9,12,14,16-17,20,25,32H,7-8,10-11,13,15,31H2,1H3/b4-3+/t17?,20?,25-/m0/s1. The molecule has 0 aliphatic heterocycles. The fourth-order valence-electron chi connectivity index (χ4n) is 4.82. The highest BCUT2D eigenvalue weighted by molar-refractivity contribution is 5.87. The second kappa shape index (κ2) is 11.0. The molecule has 3 aromatic rings. The van der Waals surface area contributed by atoms with E-state index in [0.717, 1.165) is 43.2 Å². The van der Waals surface area contributed by atoms with Gasteiger partial charge in [0.05, 0.1) is 13.3 Å². The molecule has 0 saturated heterocycles. The molecule has 1 aliphatic carbocycles. The minimum Gasteiger partial charge on any atom is -0.494 e. The van der Waals surface area contributed by atoms with Crippen molar-refractivity contribution in [3.63, 3.8) is 0 Å². The fraction of sp³-hybridized carbons (Fsp3) is 0.370. The highest BCUT2D eigenvalue weighted by Crippen LogP contribution is 2.31. The van der Waals surface area contributed by atoms with E-state index in [2.05, 4.69) is 10.3 Å². The van der Waals surface area contributed by atoms with E-state index in [-0.39, 0.29) is 17.4 Å². The number of nitrogens with two attached hydrogens (primary N) is 1. The summed E-state index contributed by atoms with van der Waals surface area (Å²) in [7, 11) is 1.58. The molecule has 0 unspecified atom stereocenters. The predicted molar refractivity (Wildman–Crippen MR) is 129 cm³/mol. The molecule has 0 radical (unpaired) electrons. The van der Waals surface area contributed by atoms with Crippen molar-refractivity contribution in [2.75, 3.05) is 13.7 Å². The number of halogens is 3. The molecule has 3 N–H and O–H groups in total. The van der Waals surface area contributed by atoms with Crippen molar-refractivity contribution in [3.05, 3.63) is 77.2 Å². The van der Waals surface area contributed by atoms with Gasteiger partial charge in [0, 0.05) is 35.1 Å². The van der Waals surface area contributed by atoms with Gasteiger partial charge in [-0.1, -0.05) is 24.3 Å². The number of methoxy groups -OCH3 is 1. The zero-order valence-corrected chi connectivity index (χ0v) is 19.2. The number of para-hydroxylation sites is 1. The Balaban J connectivity index is 1.30. The largest absolute Gasteiger partial charge is 0.494 e. The quantitative estimate of drug-likeness (QED) is 0.464. The molecule has 4 rings (SSSR count). The Labute approximate surface area is 198 Å². The minimum absolute atomic E-state index is 0.150. The number of fused-ring (bicyclic) bond motifs is 1. The summed E-state index contributed by atoms with van der Waals surface area (Å²) in [6.07, 6.45) is 8.93. The van der Waals surface area contributed by atoms with E-state index in [1.165, 1.54) is 12.3 Å². The third-order valence-electron chi connectivity index (χ3n) is 6.74. The summed E-state index contributed by atoms with van der Waals surface area (Å²) in [5, 5.41) is 4.20. The highest BCUT2D eigenvalue weighted by Gasteiger charge is 2.26. The van der Waals surface area contributed by atoms with Gasteiger partial charge in [0.15, 0.2) is 0 Å². The molecule has 1 aromatic heterocycles. The summed E-state index contributed by atoms with van der Waals surface area (Å²) >= 11 is 0. The molecule has 1 atom stereocenters. The lowest BCUT2D eigenvalue weighted by Crippen LogP contribution is -2.40. The molecule has 1 fully saturated rings. The van der Waals surface area contributed by atoms with Crippen LogP contribution in [0.1, 0.15) is 36.8 Å². The van der Waals surface area contributed by atoms with Crippen molar-refractivity contribution >= 4 is 17.0 Å². The van der Waals surface area contributed by atoms with Crippen LogP contribution in [0.25, 0.3) is 17.0 Å². The maximum Gasteiger partial charge on any atom is 0.145 e. The van der Waals surface area contributed by atoms with E-state index in [0.29, 0.717) is 41.8 Å². The lowest BCUT2D eigenvalue weighted by Gasteiger charge is -2.32. The van der Waals surface area contributed by atoms with Gasteiger partial charge in [-0.15, -0.1) is 0 Å². The molecule has 34 heavy (non-hydrogen) atoms. The number of nitrogens with one attached hydrogen (secondary N) is 1. The summed E-state index contributed by atoms with van der Waals surface area (Å²) in [6.45, 7) is 0.577. The van der Waals surface area contributed by atoms with Crippen LogP contribution in [0.4, 0.5) is 13.2 Å². The van der Waals surface area contributed by atoms with Crippen LogP contribution in [0.2, 0.25) is 0 Å². The number of ether oxygens (including phenoxy) is 1. The molecule has 0 amide bonds. The number of benzene rings is 2. The minimum atomic E-state index is -0.456. The van der Waals surface area contributed by atoms with Crippen LogP contribution in [0, 0.1) is 23.4 Å². The average Bonchev–Trinajstić information content (AvgIpc) is 2.85. The predicted octanol–water partition coefficient (Wildman–Crippen LogP) is 5.39. The smallest absolute Gasteiger partial charge is 0.145 e. The van der Waals surface area contributed by atoms with Gasteiger partial charge in [-0.25, -0.2) is 18.2 Å². The molecule has 0 bridgehead atoms. The first-order valence-electron chi connectivity index (χ1n) is 11.7. The molecule has 7 heteroatoms. The zero-order chi connectivity index (χ0) is 24.1. The Kier molecular flexibility index (Phi) is 7.85. The lowest BCUT2D eigenvalue weighted by atomic mass is 9.79. The maximum absolute atomic E-state index is 14.7. The zero-order valence-electron chi connectivity index (χ0n) is 19.2. The van der Waals surface area contributed by atoms with Crippen LogP contribution in [-0.4, -0.2) is 30.7 Å². The monoisotopic (exact) mass is 469 g/mol. The van der Waals surface area contributed by atoms with Crippen molar-refractivity contribution in [3.8, 4) is 5.75 Å². The van der Waals surface area contributed by atoms with Gasteiger partial charge < -0.3 is 15.8 Å². The van der Waals surface area contributed by atoms with E-state index >= 15 is 0 Å². The van der Waals surface area contributed by atoms with Crippen molar-refractivity contribution in [2.45, 2.75) is 44.2 Å². The lowest BCUT2D eigenvalue weighted by molar-refractivity contribution is 0.260. The molecule has 2 aromatic carbocycles. The molecular formula is C27H30F3N3O. The van der Waals surface area contributed by atoms with Gasteiger partial charge in [0.25, 0.3) is 0 Å². The Bertz CT molecular complexity index is 1160. The number of hydrogen-bond donors (Lipinski definition) is 2. The van der Waals surface area contributed by atoms with Crippen LogP contribution in [0.15, 0.2) is 48.7 Å². The molecular weight excluding hydrogens is 439 g/mol. The van der Waals surface area contributed by atoms with Gasteiger partial charge in [0.2, 0.25) is 0 Å². The summed E-state index contributed by atoms with van der Waals surface area (Å²) < 4.78 is 47.0. The van der Waals surface area contributed by atoms with Gasteiger partial charge in [-0.05, 0) is 62.3 Å². The topological polar surface area (TPSA) is 60.2 Å². The third kappa shape index (κ3) is 5.59. The summed E-state index contributed by atoms with van der Waals surface area (Å²) in [4.78, 5) is 4.21. The van der Waals surface area contributed by atoms with Gasteiger partial charge in [-0.3, -0.25) is 0 Å². The molecule has 1 aliphatic rings. The number of nitrogens with zero attached hydrogens (tertiary/aromatic N) is 1. The van der Waals surface area contributed by atoms with Gasteiger partial charge in [0.1, 0.15) is 28.7 Å². The van der Waals surface area contributed by atoms with Crippen LogP contribution in [-0.2, 0) is 6.42 Å². The number of pyridine rings is 1. The van der Waals surface area contributed by atoms with Crippen LogP contribution >= 0.6 is 0 Å². The van der Waals surface area contributed by atoms with E-state index in [4.69, 9.17) is 10.5 Å². The summed E-state index contributed by atoms with van der Waals surface area (Å²) in [5.41, 5.74) is 8.03. The Morgan fingerprint density at radius 1 is 1.12 bits per heavy atom. The first-order chi connectivity index (χ1) is 16.5. The fourth-order valence-corrected chi connectivity index (χ4v) is 4.82. The molecule has 1 heterocycles. The highest BCUT2D eigenvalue weighted by atomic mass is 19.1. The first-order valence-corrected chi connectivity index (χ1v) is 11.7. The normalized spacial score (nSPS) is 19.6. The van der Waals surface area contributed by atoms with Crippen LogP contribution < -0.4 is 15.8 Å². The molecule has 180 valence electrons. The maximum atomic E-state index is 14.7. The van der Waals surface area contributed by atoms with E-state index < -0.39 is 11.6 Å². The SMILES string of the molecule is COc1cccc2c(C[C@H](N)C3CCC(NC/C=C/c4cc(F)ccc4F)CC3)c(F)cnc12. The van der Waals surface area contributed by atoms with E-state index in [1.807, 2.05) is 18.2 Å². The second-order valence-electron chi connectivity index (χ2n) is 8.90. The number of rotatable bonds is 8. The third-order valence-corrected chi connectivity index (χ3v) is 6.74. The van der Waals surface area contributed by atoms with Crippen molar-refractivity contribution < 1.29 is 17.9 Å². The van der Waals surface area contributed by atoms with E-state index in [1.54, 1.807) is 19.3 Å². The molecule has 1 saturated carbocycles. The number of aromatic nitrogens is 1. The van der Waals surface area contributed by atoms with Gasteiger partial charge >= 0.3 is 0 Å². The summed E-state index contributed by atoms with van der Waals surface area (Å²) in [5.74, 6) is -0.309. The Morgan fingerprint density at radius 3 is 2.68 bits per heavy atom. The van der Waals surface area contributed by atoms with E-state index in [9.17, 15) is 13.2 Å². The van der Waals surface area contributed by atoms with Crippen LogP contribution in [0.3, 0.4) is 0 Å². The Morgan fingerprint density at radius 2 is 1.91 bits per heavy atom. The summed E-state index contributed by atoms with van der Waals surface area (Å²) in [6, 6.07) is 9.13. The first kappa shape index (κ1) is 24.2. The number of hydrogen-bond acceptors (Lipinski definition) is 4. The van der Waals surface area contributed by atoms with Gasteiger partial charge in [-0.2, -0.15) is 0 Å². The van der Waals surface area contributed by atoms with Crippen LogP contribution in [0.5, 0.6) is 5.75 Å². The van der Waals surface area contributed by atoms with Crippen molar-refractivity contribution in [1.29, 1.82) is 0 Å². The molecule has 0 spiro atoms.